The molecule has 8 aliphatic heterocycles. The molecule has 12 rings (SSSR count). The summed E-state index contributed by atoms with van der Waals surface area (Å²) in [6.07, 6.45) is 17.5. The zero-order valence-corrected chi connectivity index (χ0v) is 40.7. The summed E-state index contributed by atoms with van der Waals surface area (Å²) < 4.78 is 13.3. The lowest BCUT2D eigenvalue weighted by Crippen LogP contribution is -2.57. The number of β-amino-alcohol motifs (C(OH)–C–C–N with tert-alkyl or cyclic N) is 1. The van der Waals surface area contributed by atoms with Gasteiger partial charge in [-0.15, -0.1) is 0 Å². The van der Waals surface area contributed by atoms with Crippen LogP contribution in [0.5, 0.6) is 0 Å². The zero-order chi connectivity index (χ0) is 45.7. The monoisotopic (exact) mass is 952 g/mol. The molecule has 68 heavy (non-hydrogen) atoms. The lowest BCUT2D eigenvalue weighted by atomic mass is 9.90. The fraction of sp³-hybridized carbons (Fsp3) is 0.463. The first-order valence-corrected chi connectivity index (χ1v) is 27.7. The largest absolute Gasteiger partial charge is 0.377 e. The predicted octanol–water partition coefficient (Wildman–Crippen LogP) is 7.24. The van der Waals surface area contributed by atoms with E-state index >= 15 is 0 Å². The van der Waals surface area contributed by atoms with Gasteiger partial charge in [0.15, 0.2) is 0 Å². The number of aryl methyl sites for hydroxylation is 4. The molecule has 1 amide bonds. The number of aliphatic hydroxyl groups excluding tert-OH is 1. The number of carbonyl (C=O) groups is 1. The second-order valence-electron chi connectivity index (χ2n) is 19.4. The number of fused-ring (bicyclic) bond motifs is 6. The topological polar surface area (TPSA) is 99.3 Å². The van der Waals surface area contributed by atoms with Gasteiger partial charge in [-0.3, -0.25) is 10.1 Å². The third-order valence-corrected chi connectivity index (χ3v) is 17.6. The zero-order valence-electron chi connectivity index (χ0n) is 39.0. The van der Waals surface area contributed by atoms with Crippen molar-refractivity contribution in [2.24, 2.45) is 0 Å². The van der Waals surface area contributed by atoms with E-state index in [0.717, 1.165) is 86.1 Å². The average Bonchev–Trinajstić information content (AvgIpc) is 4.11. The van der Waals surface area contributed by atoms with E-state index in [1.807, 2.05) is 6.07 Å². The van der Waals surface area contributed by atoms with Crippen molar-refractivity contribution >= 4 is 73.8 Å². The highest BCUT2D eigenvalue weighted by atomic mass is 33.1. The van der Waals surface area contributed by atoms with Gasteiger partial charge in [0.25, 0.3) is 0 Å². The second kappa shape index (κ2) is 18.8. The van der Waals surface area contributed by atoms with Crippen LogP contribution in [0.4, 0.5) is 34.1 Å². The average molecular weight is 953 g/mol. The molecule has 0 spiro atoms. The highest BCUT2D eigenvalue weighted by Crippen LogP contribution is 2.50. The highest BCUT2D eigenvalue weighted by molar-refractivity contribution is 8.76. The third kappa shape index (κ3) is 8.02. The molecule has 2 saturated heterocycles. The van der Waals surface area contributed by atoms with Crippen LogP contribution < -0.4 is 40.0 Å². The smallest absolute Gasteiger partial charge is 0.243 e. The number of nitrogens with zero attached hydrogens (tertiary/aromatic N) is 6. The molecule has 8 heterocycles. The van der Waals surface area contributed by atoms with Crippen LogP contribution in [0.1, 0.15) is 59.1 Å². The fourth-order valence-electron chi connectivity index (χ4n) is 12.5. The van der Waals surface area contributed by atoms with Crippen LogP contribution in [0.25, 0.3) is 12.2 Å². The molecule has 3 atom stereocenters. The van der Waals surface area contributed by atoms with E-state index in [0.29, 0.717) is 32.8 Å². The Hall–Kier alpha value is -4.83. The quantitative estimate of drug-likeness (QED) is 0.0599. The van der Waals surface area contributed by atoms with E-state index in [1.165, 1.54) is 83.5 Å². The molecule has 0 bridgehead atoms. The molecule has 4 aromatic carbocycles. The van der Waals surface area contributed by atoms with Crippen molar-refractivity contribution < 1.29 is 19.4 Å². The number of carbonyl (C=O) groups excluding carboxylic acids is 1. The minimum Gasteiger partial charge on any atom is -0.377 e. The number of nitrogens with one attached hydrogen (secondary N) is 2. The maximum atomic E-state index is 13.7. The summed E-state index contributed by atoms with van der Waals surface area (Å²) in [5.74, 6) is -0.101. The number of hydrogen-bond acceptors (Lipinski definition) is 13. The molecule has 4 aromatic rings. The number of rotatable bonds is 16. The van der Waals surface area contributed by atoms with Gasteiger partial charge >= 0.3 is 0 Å². The Kier molecular flexibility index (Phi) is 12.3. The Morgan fingerprint density at radius 3 is 1.60 bits per heavy atom. The molecular formula is C54H64N8O4S2. The van der Waals surface area contributed by atoms with Gasteiger partial charge in [-0.1, -0.05) is 58.0 Å². The molecule has 12 nitrogen and oxygen atoms in total. The van der Waals surface area contributed by atoms with E-state index in [-0.39, 0.29) is 12.5 Å². The first-order chi connectivity index (χ1) is 33.5. The first kappa shape index (κ1) is 44.4. The Morgan fingerprint density at radius 1 is 0.632 bits per heavy atom. The third-order valence-electron chi connectivity index (χ3n) is 15.2. The minimum absolute atomic E-state index is 0.0247. The molecule has 356 valence electrons. The van der Waals surface area contributed by atoms with Gasteiger partial charge in [-0.05, 0) is 145 Å². The number of benzene rings is 4. The van der Waals surface area contributed by atoms with Crippen molar-refractivity contribution in [2.75, 3.05) is 120 Å². The number of hydrogen-bond donors (Lipinski definition) is 3. The number of amides is 1. The van der Waals surface area contributed by atoms with Gasteiger partial charge in [-0.2, -0.15) is 0 Å². The second-order valence-corrected chi connectivity index (χ2v) is 22.1. The SMILES string of the molecule is O=C(CN1c2ccccc2N2CCOC21/C=C/c1cc2c3c(c1)CCCN3CCC2)NCCSSCCNC(O)CN1c2ccccc2N2CCOC21/C=C/c1cc2c3c(c1)CCCN3CCC2. The maximum absolute atomic E-state index is 13.7. The van der Waals surface area contributed by atoms with Crippen LogP contribution >= 0.6 is 21.6 Å². The number of aliphatic hydroxyl groups is 1. The Balaban J connectivity index is 0.637. The van der Waals surface area contributed by atoms with Crippen LogP contribution in [0.2, 0.25) is 0 Å². The van der Waals surface area contributed by atoms with Gasteiger partial charge in [0.1, 0.15) is 12.8 Å². The molecule has 3 unspecified atom stereocenters. The highest BCUT2D eigenvalue weighted by Gasteiger charge is 2.54. The fourth-order valence-corrected chi connectivity index (χ4v) is 14.3. The Labute approximate surface area is 409 Å². The number of anilines is 6. The van der Waals surface area contributed by atoms with Gasteiger partial charge in [0.05, 0.1) is 42.5 Å². The van der Waals surface area contributed by atoms with Crippen molar-refractivity contribution in [1.82, 2.24) is 10.6 Å². The van der Waals surface area contributed by atoms with E-state index in [4.69, 9.17) is 9.47 Å². The van der Waals surface area contributed by atoms with Gasteiger partial charge in [0.2, 0.25) is 17.6 Å². The minimum atomic E-state index is -0.860. The van der Waals surface area contributed by atoms with Crippen LogP contribution in [-0.2, 0) is 40.0 Å². The normalized spacial score (nSPS) is 23.5. The van der Waals surface area contributed by atoms with Crippen molar-refractivity contribution in [1.29, 1.82) is 0 Å². The molecule has 8 aliphatic rings. The van der Waals surface area contributed by atoms with Crippen LogP contribution in [0.15, 0.2) is 84.9 Å². The van der Waals surface area contributed by atoms with Crippen molar-refractivity contribution in [3.8, 4) is 0 Å². The van der Waals surface area contributed by atoms with Crippen molar-refractivity contribution in [3.05, 3.63) is 118 Å². The van der Waals surface area contributed by atoms with Gasteiger partial charge in [-0.25, -0.2) is 0 Å². The van der Waals surface area contributed by atoms with E-state index in [9.17, 15) is 9.90 Å². The summed E-state index contributed by atoms with van der Waals surface area (Å²) in [6.45, 7) is 9.20. The molecule has 3 N–H and O–H groups in total. The van der Waals surface area contributed by atoms with E-state index < -0.39 is 17.9 Å². The summed E-state index contributed by atoms with van der Waals surface area (Å²) >= 11 is 0. The predicted molar refractivity (Wildman–Crippen MR) is 280 cm³/mol. The van der Waals surface area contributed by atoms with Gasteiger partial charge < -0.3 is 49.3 Å². The lowest BCUT2D eigenvalue weighted by molar-refractivity contribution is -0.120. The van der Waals surface area contributed by atoms with E-state index in [2.05, 4.69) is 131 Å². The first-order valence-electron chi connectivity index (χ1n) is 25.2. The summed E-state index contributed by atoms with van der Waals surface area (Å²) in [7, 11) is 3.49. The number of ether oxygens (including phenoxy) is 2. The Bertz CT molecular complexity index is 2550. The molecule has 0 aromatic heterocycles. The molecule has 2 fully saturated rings. The molecule has 0 aliphatic carbocycles. The van der Waals surface area contributed by atoms with Crippen LogP contribution in [0, 0.1) is 0 Å². The molecule has 0 saturated carbocycles. The number of para-hydroxylation sites is 4. The van der Waals surface area contributed by atoms with E-state index in [1.54, 1.807) is 21.6 Å². The van der Waals surface area contributed by atoms with Gasteiger partial charge in [0, 0.05) is 75.2 Å². The molecule has 14 heteroatoms. The molecular weight excluding hydrogens is 889 g/mol. The van der Waals surface area contributed by atoms with Crippen molar-refractivity contribution in [3.63, 3.8) is 0 Å². The summed E-state index contributed by atoms with van der Waals surface area (Å²) in [6, 6.07) is 26.3. The van der Waals surface area contributed by atoms with Crippen molar-refractivity contribution in [2.45, 2.75) is 69.3 Å². The molecule has 0 radical (unpaired) electrons. The lowest BCUT2D eigenvalue weighted by Gasteiger charge is -2.39. The van der Waals surface area contributed by atoms with Crippen LogP contribution in [-0.4, -0.2) is 119 Å². The summed E-state index contributed by atoms with van der Waals surface area (Å²) in [5.41, 5.74) is 15.6. The summed E-state index contributed by atoms with van der Waals surface area (Å²) in [4.78, 5) is 27.9. The maximum Gasteiger partial charge on any atom is 0.243 e. The van der Waals surface area contributed by atoms with Crippen LogP contribution in [0.3, 0.4) is 0 Å². The standard InChI is InChI=1S/C54H64N8O4S2/c63-49(37-61-47-15-3-1-13-45(47)59-27-29-65-53(59,61)19-17-39-33-41-9-5-23-57-24-6-10-42(34-39)51(41)57)55-21-31-67-68-32-22-56-50(64)38-62-48-16-4-2-14-46(48)60-28-30-66-54(60,62)20-18-40-35-43-11-7-25-58-26-8-12-44(36-40)52(43)58/h1-4,13-20,33-36,49,55,63H,5-12,21-32,37-38H2,(H,56,64)/b19-17+,20-18+. The summed E-state index contributed by atoms with van der Waals surface area (Å²) in [5, 5.41) is 18.0. The Morgan fingerprint density at radius 2 is 1.09 bits per heavy atom.